The summed E-state index contributed by atoms with van der Waals surface area (Å²) < 4.78 is 5.49. The largest absolute Gasteiger partial charge is 0.462 e. The Morgan fingerprint density at radius 1 is 1.47 bits per heavy atom. The summed E-state index contributed by atoms with van der Waals surface area (Å²) in [6.45, 7) is 6.31. The summed E-state index contributed by atoms with van der Waals surface area (Å²) >= 11 is 0. The van der Waals surface area contributed by atoms with Crippen LogP contribution in [0.4, 0.5) is 0 Å². The molecule has 0 aromatic carbocycles. The molecule has 2 rings (SSSR count). The first kappa shape index (κ1) is 12.7. The third kappa shape index (κ3) is 2.56. The van der Waals surface area contributed by atoms with Gasteiger partial charge in [-0.1, -0.05) is 32.4 Å². The molecular weight excluding hydrogens is 212 g/mol. The zero-order valence-electron chi connectivity index (χ0n) is 11.0. The van der Waals surface area contributed by atoms with E-state index in [1.807, 2.05) is 6.92 Å². The van der Waals surface area contributed by atoms with E-state index in [1.165, 1.54) is 5.57 Å². The second kappa shape index (κ2) is 5.24. The van der Waals surface area contributed by atoms with E-state index in [1.54, 1.807) is 0 Å². The number of unbranched alkanes of at least 4 members (excludes halogenated alkanes) is 1. The summed E-state index contributed by atoms with van der Waals surface area (Å²) in [7, 11) is 0. The number of carbonyl (C=O) groups excluding carboxylic acids is 1. The topological polar surface area (TPSA) is 26.3 Å². The number of esters is 1. The molecule has 1 saturated heterocycles. The molecule has 0 spiro atoms. The number of ether oxygens (including phenoxy) is 1. The minimum atomic E-state index is -0.00470. The van der Waals surface area contributed by atoms with Crippen molar-refractivity contribution in [3.05, 3.63) is 24.5 Å². The maximum absolute atomic E-state index is 11.6. The van der Waals surface area contributed by atoms with Crippen LogP contribution in [0.5, 0.6) is 0 Å². The van der Waals surface area contributed by atoms with Crippen LogP contribution in [-0.4, -0.2) is 12.1 Å². The Morgan fingerprint density at radius 2 is 2.24 bits per heavy atom. The smallest absolute Gasteiger partial charge is 0.309 e. The average molecular weight is 234 g/mol. The van der Waals surface area contributed by atoms with Gasteiger partial charge in [0.05, 0.1) is 5.92 Å². The summed E-state index contributed by atoms with van der Waals surface area (Å²) in [6, 6.07) is 0. The van der Waals surface area contributed by atoms with Gasteiger partial charge in [0.1, 0.15) is 6.10 Å². The molecule has 0 saturated carbocycles. The number of hydrogen-bond acceptors (Lipinski definition) is 2. The highest BCUT2D eigenvalue weighted by molar-refractivity contribution is 5.74. The maximum atomic E-state index is 11.6. The average Bonchev–Trinajstić information content (AvgIpc) is 2.47. The van der Waals surface area contributed by atoms with Gasteiger partial charge in [-0.2, -0.15) is 0 Å². The number of fused-ring (bicyclic) bond motifs is 1. The van der Waals surface area contributed by atoms with Gasteiger partial charge in [-0.3, -0.25) is 4.79 Å². The van der Waals surface area contributed by atoms with Crippen molar-refractivity contribution in [2.24, 2.45) is 17.8 Å². The highest BCUT2D eigenvalue weighted by Gasteiger charge is 2.42. The molecule has 0 aromatic rings. The number of hydrogen-bond donors (Lipinski definition) is 0. The molecule has 17 heavy (non-hydrogen) atoms. The Labute approximate surface area is 104 Å². The Kier molecular flexibility index (Phi) is 3.90. The molecule has 2 aliphatic rings. The minimum absolute atomic E-state index is 0.00470. The molecule has 0 aromatic heterocycles. The molecule has 0 N–H and O–H groups in total. The van der Waals surface area contributed by atoms with Crippen molar-refractivity contribution >= 4 is 5.97 Å². The van der Waals surface area contributed by atoms with Crippen LogP contribution in [0.3, 0.4) is 0 Å². The number of allylic oxidation sites excluding steroid dienone is 2. The molecule has 1 fully saturated rings. The van der Waals surface area contributed by atoms with Gasteiger partial charge in [0.15, 0.2) is 0 Å². The Hall–Kier alpha value is -0.790. The van der Waals surface area contributed by atoms with E-state index < -0.39 is 0 Å². The zero-order chi connectivity index (χ0) is 12.4. The van der Waals surface area contributed by atoms with E-state index in [0.29, 0.717) is 11.8 Å². The summed E-state index contributed by atoms with van der Waals surface area (Å²) in [6.07, 6.45) is 9.92. The first-order chi connectivity index (χ1) is 8.13. The third-order valence-corrected chi connectivity index (χ3v) is 4.13. The van der Waals surface area contributed by atoms with Crippen LogP contribution < -0.4 is 0 Å². The molecule has 1 unspecified atom stereocenters. The maximum Gasteiger partial charge on any atom is 0.309 e. The molecular formula is C15H22O2. The number of rotatable bonds is 3. The summed E-state index contributed by atoms with van der Waals surface area (Å²) in [5.74, 6) is 0.958. The minimum Gasteiger partial charge on any atom is -0.462 e. The lowest BCUT2D eigenvalue weighted by Gasteiger charge is -2.18. The SMILES string of the molecule is C[CH]C[CH]C1=CC[C@@H]2C(C)C(=O)O[C@H]2C[C@@H]1C. The molecule has 0 bridgehead atoms. The molecule has 1 heterocycles. The van der Waals surface area contributed by atoms with Crippen molar-refractivity contribution in [3.8, 4) is 0 Å². The first-order valence-electron chi connectivity index (χ1n) is 6.65. The normalized spacial score (nSPS) is 37.1. The van der Waals surface area contributed by atoms with Crippen molar-refractivity contribution in [1.29, 1.82) is 0 Å². The quantitative estimate of drug-likeness (QED) is 0.700. The molecule has 2 nitrogen and oxygen atoms in total. The Balaban J connectivity index is 2.06. The molecule has 0 amide bonds. The second-order valence-corrected chi connectivity index (χ2v) is 5.35. The van der Waals surface area contributed by atoms with Gasteiger partial charge < -0.3 is 4.74 Å². The van der Waals surface area contributed by atoms with E-state index in [4.69, 9.17) is 4.74 Å². The van der Waals surface area contributed by atoms with Gasteiger partial charge in [-0.05, 0) is 38.0 Å². The van der Waals surface area contributed by atoms with Crippen LogP contribution >= 0.6 is 0 Å². The molecule has 4 atom stereocenters. The fraction of sp³-hybridized carbons (Fsp3) is 0.667. The van der Waals surface area contributed by atoms with Crippen molar-refractivity contribution in [3.63, 3.8) is 0 Å². The number of carbonyl (C=O) groups is 1. The lowest BCUT2D eigenvalue weighted by molar-refractivity contribution is -0.144. The molecule has 2 radical (unpaired) electrons. The first-order valence-corrected chi connectivity index (χ1v) is 6.65. The van der Waals surface area contributed by atoms with Crippen LogP contribution in [0.15, 0.2) is 11.6 Å². The van der Waals surface area contributed by atoms with Crippen molar-refractivity contribution in [2.75, 3.05) is 0 Å². The fourth-order valence-corrected chi connectivity index (χ4v) is 2.92. The van der Waals surface area contributed by atoms with Gasteiger partial charge in [0.25, 0.3) is 0 Å². The second-order valence-electron chi connectivity index (χ2n) is 5.35. The van der Waals surface area contributed by atoms with Crippen LogP contribution in [0.1, 0.15) is 40.0 Å². The monoisotopic (exact) mass is 234 g/mol. The van der Waals surface area contributed by atoms with E-state index >= 15 is 0 Å². The summed E-state index contributed by atoms with van der Waals surface area (Å²) in [4.78, 5) is 11.6. The van der Waals surface area contributed by atoms with Crippen molar-refractivity contribution in [1.82, 2.24) is 0 Å². The van der Waals surface area contributed by atoms with Crippen LogP contribution in [0.2, 0.25) is 0 Å². The van der Waals surface area contributed by atoms with Gasteiger partial charge in [-0.25, -0.2) is 0 Å². The van der Waals surface area contributed by atoms with E-state index in [2.05, 4.69) is 32.8 Å². The van der Waals surface area contributed by atoms with Crippen molar-refractivity contribution < 1.29 is 9.53 Å². The van der Waals surface area contributed by atoms with E-state index in [-0.39, 0.29) is 18.0 Å². The lowest BCUT2D eigenvalue weighted by Crippen LogP contribution is -2.19. The molecule has 1 aliphatic heterocycles. The fourth-order valence-electron chi connectivity index (χ4n) is 2.92. The van der Waals surface area contributed by atoms with Crippen molar-refractivity contribution in [2.45, 2.75) is 46.1 Å². The molecule has 2 heteroatoms. The van der Waals surface area contributed by atoms with Gasteiger partial charge in [0.2, 0.25) is 0 Å². The lowest BCUT2D eigenvalue weighted by atomic mass is 9.87. The third-order valence-electron chi connectivity index (χ3n) is 4.13. The molecule has 1 aliphatic carbocycles. The molecule has 94 valence electrons. The zero-order valence-corrected chi connectivity index (χ0v) is 11.0. The van der Waals surface area contributed by atoms with Crippen LogP contribution in [-0.2, 0) is 9.53 Å². The van der Waals surface area contributed by atoms with Gasteiger partial charge >= 0.3 is 5.97 Å². The Morgan fingerprint density at radius 3 is 2.94 bits per heavy atom. The Bertz CT molecular complexity index is 319. The van der Waals surface area contributed by atoms with Gasteiger partial charge in [0, 0.05) is 5.92 Å². The predicted molar refractivity (Wildman–Crippen MR) is 67.9 cm³/mol. The van der Waals surface area contributed by atoms with Gasteiger partial charge in [-0.15, -0.1) is 0 Å². The van der Waals surface area contributed by atoms with E-state index in [9.17, 15) is 4.79 Å². The van der Waals surface area contributed by atoms with Crippen LogP contribution in [0.25, 0.3) is 0 Å². The predicted octanol–water partition coefficient (Wildman–Crippen LogP) is 3.34. The standard InChI is InChI=1S/C15H22O2/c1-4-5-6-12-7-8-13-11(3)15(16)17-14(13)9-10(12)2/h4,6-7,10-11,13-14H,5,8-9H2,1-3H3/t10-,11?,13+,14-/m0/s1. The van der Waals surface area contributed by atoms with Crippen LogP contribution in [0, 0.1) is 30.6 Å². The van der Waals surface area contributed by atoms with E-state index in [0.717, 1.165) is 19.3 Å². The highest BCUT2D eigenvalue weighted by atomic mass is 16.6. The summed E-state index contributed by atoms with van der Waals surface area (Å²) in [5.41, 5.74) is 1.43. The highest BCUT2D eigenvalue weighted by Crippen LogP contribution is 2.39. The summed E-state index contributed by atoms with van der Waals surface area (Å²) in [5, 5.41) is 0.